The van der Waals surface area contributed by atoms with Gasteiger partial charge in [-0.25, -0.2) is 4.99 Å². The number of allylic oxidation sites excluding steroid dienone is 1. The summed E-state index contributed by atoms with van der Waals surface area (Å²) in [5, 5.41) is 4.24. The van der Waals surface area contributed by atoms with Gasteiger partial charge in [-0.1, -0.05) is 90.1 Å². The van der Waals surface area contributed by atoms with Gasteiger partial charge in [-0.2, -0.15) is 4.98 Å². The monoisotopic (exact) mass is 433 g/mol. The first-order chi connectivity index (χ1) is 16.3. The van der Waals surface area contributed by atoms with E-state index in [2.05, 4.69) is 21.2 Å². The van der Waals surface area contributed by atoms with Gasteiger partial charge in [0.05, 0.1) is 5.92 Å². The molecule has 162 valence electrons. The Labute approximate surface area is 192 Å². The zero-order chi connectivity index (χ0) is 22.3. The largest absolute Gasteiger partial charge is 0.468 e. The first-order valence-corrected chi connectivity index (χ1v) is 10.9. The summed E-state index contributed by atoms with van der Waals surface area (Å²) in [5.41, 5.74) is 3.29. The minimum atomic E-state index is -0.441. The highest BCUT2D eigenvalue weighted by Gasteiger charge is 2.34. The second-order valence-electron chi connectivity index (χ2n) is 7.73. The van der Waals surface area contributed by atoms with E-state index in [9.17, 15) is 0 Å². The molecule has 0 spiro atoms. The van der Waals surface area contributed by atoms with Crippen LogP contribution < -0.4 is 4.74 Å². The second-order valence-corrected chi connectivity index (χ2v) is 7.73. The Balaban J connectivity index is 1.37. The third-order valence-corrected chi connectivity index (χ3v) is 5.42. The van der Waals surface area contributed by atoms with Gasteiger partial charge in [0.25, 0.3) is 5.89 Å². The van der Waals surface area contributed by atoms with Crippen LogP contribution in [0.2, 0.25) is 0 Å². The van der Waals surface area contributed by atoms with Crippen molar-refractivity contribution < 1.29 is 9.26 Å². The van der Waals surface area contributed by atoms with Crippen molar-refractivity contribution in [1.82, 2.24) is 10.1 Å². The molecule has 1 aromatic heterocycles. The number of hydrogen-bond donors (Lipinski definition) is 0. The number of hydrogen-bond acceptors (Lipinski definition) is 5. The van der Waals surface area contributed by atoms with Crippen molar-refractivity contribution in [2.24, 2.45) is 4.99 Å². The molecular formula is C28H23N3O2. The van der Waals surface area contributed by atoms with Gasteiger partial charge >= 0.3 is 0 Å². The molecule has 3 aromatic carbocycles. The fourth-order valence-electron chi connectivity index (χ4n) is 3.74. The molecule has 5 nitrogen and oxygen atoms in total. The third kappa shape index (κ3) is 5.15. The first kappa shape index (κ1) is 20.6. The minimum Gasteiger partial charge on any atom is -0.468 e. The van der Waals surface area contributed by atoms with Gasteiger partial charge < -0.3 is 9.26 Å². The number of nitrogens with zero attached hydrogens (tertiary/aromatic N) is 3. The smallest absolute Gasteiger partial charge is 0.250 e. The normalized spacial score (nSPS) is 18.1. The van der Waals surface area contributed by atoms with Crippen LogP contribution >= 0.6 is 0 Å². The molecule has 0 aliphatic carbocycles. The van der Waals surface area contributed by atoms with Crippen molar-refractivity contribution >= 4 is 24.4 Å². The molecule has 1 aliphatic rings. The molecule has 33 heavy (non-hydrogen) atoms. The molecule has 5 rings (SSSR count). The summed E-state index contributed by atoms with van der Waals surface area (Å²) in [5.74, 6) is 1.74. The molecule has 4 aromatic rings. The average molecular weight is 434 g/mol. The number of fused-ring (bicyclic) bond motifs is 1. The van der Waals surface area contributed by atoms with Gasteiger partial charge in [0.2, 0.25) is 0 Å². The molecule has 1 aliphatic heterocycles. The van der Waals surface area contributed by atoms with Crippen molar-refractivity contribution in [3.8, 4) is 5.75 Å². The lowest BCUT2D eigenvalue weighted by Crippen LogP contribution is -2.30. The fourth-order valence-corrected chi connectivity index (χ4v) is 3.74. The second kappa shape index (κ2) is 9.92. The Morgan fingerprint density at radius 3 is 2.27 bits per heavy atom. The van der Waals surface area contributed by atoms with E-state index in [0.29, 0.717) is 11.7 Å². The van der Waals surface area contributed by atoms with Crippen LogP contribution in [0.5, 0.6) is 5.75 Å². The predicted octanol–water partition coefficient (Wildman–Crippen LogP) is 6.07. The average Bonchev–Trinajstić information content (AvgIpc) is 3.35. The number of aromatic nitrogens is 2. The topological polar surface area (TPSA) is 60.5 Å². The molecule has 0 saturated carbocycles. The van der Waals surface area contributed by atoms with Crippen LogP contribution in [0.1, 0.15) is 34.3 Å². The van der Waals surface area contributed by atoms with Gasteiger partial charge in [0.1, 0.15) is 5.75 Å². The lowest BCUT2D eigenvalue weighted by molar-refractivity contribution is 0.153. The van der Waals surface area contributed by atoms with Crippen molar-refractivity contribution in [3.63, 3.8) is 0 Å². The van der Waals surface area contributed by atoms with Gasteiger partial charge in [-0.05, 0) is 41.3 Å². The summed E-state index contributed by atoms with van der Waals surface area (Å²) in [6.07, 6.45) is 9.76. The maximum absolute atomic E-state index is 6.22. The van der Waals surface area contributed by atoms with E-state index < -0.39 is 6.23 Å². The Hall–Kier alpha value is -4.25. The van der Waals surface area contributed by atoms with Crippen LogP contribution in [0.15, 0.2) is 101 Å². The number of benzene rings is 3. The van der Waals surface area contributed by atoms with Gasteiger partial charge in [-0.15, -0.1) is 0 Å². The van der Waals surface area contributed by atoms with E-state index in [1.165, 1.54) is 0 Å². The standard InChI is InChI=1S/C28H23N3O2/c1-3-10-21(11-4-1)14-9-19-29-28-24(20-23-15-7-8-16-25(23)32-28)27-30-26(33-31-27)18-17-22-12-5-2-6-13-22/h1-19,24,28H,20H2/b14-9+,18-17+,29-19?. The van der Waals surface area contributed by atoms with Crippen LogP contribution in [0.4, 0.5) is 0 Å². The molecule has 0 radical (unpaired) electrons. The Kier molecular flexibility index (Phi) is 6.20. The van der Waals surface area contributed by atoms with Crippen molar-refractivity contribution in [1.29, 1.82) is 0 Å². The molecule has 0 fully saturated rings. The summed E-state index contributed by atoms with van der Waals surface area (Å²) in [6.45, 7) is 0. The molecule has 5 heteroatoms. The lowest BCUT2D eigenvalue weighted by Gasteiger charge is -2.29. The molecule has 2 atom stereocenters. The highest BCUT2D eigenvalue weighted by atomic mass is 16.5. The summed E-state index contributed by atoms with van der Waals surface area (Å²) in [6, 6.07) is 28.1. The van der Waals surface area contributed by atoms with Crippen molar-refractivity contribution in [2.75, 3.05) is 0 Å². The molecule has 0 bridgehead atoms. The fraction of sp³-hybridized carbons (Fsp3) is 0.107. The number of rotatable bonds is 6. The van der Waals surface area contributed by atoms with E-state index in [4.69, 9.17) is 9.26 Å². The zero-order valence-electron chi connectivity index (χ0n) is 18.0. The van der Waals surface area contributed by atoms with E-state index >= 15 is 0 Å². The molecule has 0 saturated heterocycles. The van der Waals surface area contributed by atoms with Crippen LogP contribution in [0, 0.1) is 0 Å². The van der Waals surface area contributed by atoms with Crippen molar-refractivity contribution in [2.45, 2.75) is 18.6 Å². The minimum absolute atomic E-state index is 0.149. The number of ether oxygens (including phenoxy) is 1. The summed E-state index contributed by atoms with van der Waals surface area (Å²) in [4.78, 5) is 9.30. The molecule has 2 unspecified atom stereocenters. The van der Waals surface area contributed by atoms with E-state index in [0.717, 1.165) is 28.9 Å². The quantitative estimate of drug-likeness (QED) is 0.346. The molecular weight excluding hydrogens is 410 g/mol. The molecule has 2 heterocycles. The number of para-hydroxylation sites is 1. The highest BCUT2D eigenvalue weighted by Crippen LogP contribution is 2.35. The van der Waals surface area contributed by atoms with Gasteiger partial charge in [0, 0.05) is 12.3 Å². The first-order valence-electron chi connectivity index (χ1n) is 10.9. The third-order valence-electron chi connectivity index (χ3n) is 5.42. The number of aliphatic imine (C=N–C) groups is 1. The van der Waals surface area contributed by atoms with Gasteiger partial charge in [0.15, 0.2) is 12.1 Å². The lowest BCUT2D eigenvalue weighted by atomic mass is 9.93. The van der Waals surface area contributed by atoms with Gasteiger partial charge in [-0.3, -0.25) is 0 Å². The summed E-state index contributed by atoms with van der Waals surface area (Å²) >= 11 is 0. The maximum atomic E-state index is 6.22. The van der Waals surface area contributed by atoms with E-state index in [1.54, 1.807) is 6.21 Å². The summed E-state index contributed by atoms with van der Waals surface area (Å²) in [7, 11) is 0. The highest BCUT2D eigenvalue weighted by molar-refractivity contribution is 5.78. The maximum Gasteiger partial charge on any atom is 0.250 e. The van der Waals surface area contributed by atoms with Crippen LogP contribution in [0.3, 0.4) is 0 Å². The Morgan fingerprint density at radius 1 is 0.788 bits per heavy atom. The predicted molar refractivity (Wildman–Crippen MR) is 131 cm³/mol. The molecule has 0 amide bonds. The van der Waals surface area contributed by atoms with Crippen molar-refractivity contribution in [3.05, 3.63) is 119 Å². The summed E-state index contributed by atoms with van der Waals surface area (Å²) < 4.78 is 11.7. The Morgan fingerprint density at radius 2 is 1.48 bits per heavy atom. The zero-order valence-corrected chi connectivity index (χ0v) is 18.0. The Bertz CT molecular complexity index is 1280. The van der Waals surface area contributed by atoms with E-state index in [-0.39, 0.29) is 5.92 Å². The molecule has 0 N–H and O–H groups in total. The SMILES string of the molecule is C(/C=C/c1ccccc1)=NC1Oc2ccccc2CC1c1noc(/C=C/c2ccccc2)n1. The van der Waals surface area contributed by atoms with Crippen LogP contribution in [-0.4, -0.2) is 22.6 Å². The van der Waals surface area contributed by atoms with Crippen LogP contribution in [0.25, 0.3) is 18.2 Å². The van der Waals surface area contributed by atoms with E-state index in [1.807, 2.05) is 103 Å². The van der Waals surface area contributed by atoms with Crippen LogP contribution in [-0.2, 0) is 6.42 Å².